The van der Waals surface area contributed by atoms with E-state index < -0.39 is 15.1 Å². The highest BCUT2D eigenvalue weighted by atomic mass is 35.5. The molecule has 23 heavy (non-hydrogen) atoms. The molecular formula is C16H23ClN2O3S. The van der Waals surface area contributed by atoms with Gasteiger partial charge in [-0.3, -0.25) is 4.79 Å². The number of hydrogen-bond donors (Lipinski definition) is 1. The fourth-order valence-electron chi connectivity index (χ4n) is 3.34. The van der Waals surface area contributed by atoms with Gasteiger partial charge in [-0.2, -0.15) is 0 Å². The van der Waals surface area contributed by atoms with Gasteiger partial charge in [-0.25, -0.2) is 8.42 Å². The van der Waals surface area contributed by atoms with Gasteiger partial charge in [0.05, 0.1) is 15.7 Å². The van der Waals surface area contributed by atoms with Gasteiger partial charge in [0, 0.05) is 26.2 Å². The Balaban J connectivity index is 0.00000192. The molecular weight excluding hydrogens is 336 g/mol. The SMILES string of the molecule is CC(C)S(=O)(=O)c1ccccc1C(=O)N1C[C@H]2CNC[C@H]2C1.Cl. The Morgan fingerprint density at radius 1 is 1.17 bits per heavy atom. The molecule has 2 aliphatic rings. The maximum atomic E-state index is 12.8. The molecule has 0 radical (unpaired) electrons. The van der Waals surface area contributed by atoms with Gasteiger partial charge in [-0.15, -0.1) is 12.4 Å². The van der Waals surface area contributed by atoms with Crippen LogP contribution in [0.1, 0.15) is 24.2 Å². The number of halogens is 1. The average molecular weight is 359 g/mol. The smallest absolute Gasteiger partial charge is 0.255 e. The van der Waals surface area contributed by atoms with Gasteiger partial charge in [0.1, 0.15) is 0 Å². The van der Waals surface area contributed by atoms with Crippen molar-refractivity contribution >= 4 is 28.2 Å². The van der Waals surface area contributed by atoms with Crippen molar-refractivity contribution in [2.24, 2.45) is 11.8 Å². The Hall–Kier alpha value is -1.11. The zero-order valence-electron chi connectivity index (χ0n) is 13.4. The van der Waals surface area contributed by atoms with Crippen LogP contribution in [0.5, 0.6) is 0 Å². The van der Waals surface area contributed by atoms with E-state index in [-0.39, 0.29) is 23.2 Å². The second kappa shape index (κ2) is 6.79. The van der Waals surface area contributed by atoms with Gasteiger partial charge in [-0.1, -0.05) is 12.1 Å². The standard InChI is InChI=1S/C16H22N2O3S.ClH/c1-11(2)22(20,21)15-6-4-3-5-14(15)16(19)18-9-12-7-17-8-13(12)10-18;/h3-6,11-13,17H,7-10H2,1-2H3;1H/t12-,13+;. The first-order valence-corrected chi connectivity index (χ1v) is 9.29. The van der Waals surface area contributed by atoms with Crippen LogP contribution in [-0.4, -0.2) is 50.7 Å². The van der Waals surface area contributed by atoms with Crippen molar-refractivity contribution < 1.29 is 13.2 Å². The van der Waals surface area contributed by atoms with Crippen LogP contribution >= 0.6 is 12.4 Å². The van der Waals surface area contributed by atoms with Crippen LogP contribution in [0.25, 0.3) is 0 Å². The zero-order chi connectivity index (χ0) is 15.9. The third kappa shape index (κ3) is 3.25. The lowest BCUT2D eigenvalue weighted by molar-refractivity contribution is 0.0778. The number of carbonyl (C=O) groups is 1. The summed E-state index contributed by atoms with van der Waals surface area (Å²) in [5.41, 5.74) is 0.309. The summed E-state index contributed by atoms with van der Waals surface area (Å²) in [6.45, 7) is 6.60. The fraction of sp³-hybridized carbons (Fsp3) is 0.562. The molecule has 1 amide bonds. The zero-order valence-corrected chi connectivity index (χ0v) is 15.0. The second-order valence-corrected chi connectivity index (χ2v) is 8.95. The molecule has 0 unspecified atom stereocenters. The topological polar surface area (TPSA) is 66.5 Å². The lowest BCUT2D eigenvalue weighted by atomic mass is 10.0. The summed E-state index contributed by atoms with van der Waals surface area (Å²) in [5, 5.41) is 2.80. The van der Waals surface area contributed by atoms with E-state index in [2.05, 4.69) is 5.32 Å². The molecule has 2 atom stereocenters. The van der Waals surface area contributed by atoms with Crippen molar-refractivity contribution in [1.82, 2.24) is 10.2 Å². The summed E-state index contributed by atoms with van der Waals surface area (Å²) in [7, 11) is -3.46. The van der Waals surface area contributed by atoms with Crippen LogP contribution in [0.2, 0.25) is 0 Å². The van der Waals surface area contributed by atoms with Crippen LogP contribution in [-0.2, 0) is 9.84 Å². The first kappa shape index (κ1) is 18.2. The molecule has 3 rings (SSSR count). The molecule has 0 bridgehead atoms. The van der Waals surface area contributed by atoms with Crippen molar-refractivity contribution in [2.45, 2.75) is 24.0 Å². The summed E-state index contributed by atoms with van der Waals surface area (Å²) >= 11 is 0. The Kier molecular flexibility index (Phi) is 5.38. The fourth-order valence-corrected chi connectivity index (χ4v) is 4.57. The number of fused-ring (bicyclic) bond motifs is 1. The number of benzene rings is 1. The molecule has 7 heteroatoms. The quantitative estimate of drug-likeness (QED) is 0.890. The van der Waals surface area contributed by atoms with Crippen molar-refractivity contribution in [1.29, 1.82) is 0 Å². The van der Waals surface area contributed by atoms with E-state index >= 15 is 0 Å². The van der Waals surface area contributed by atoms with E-state index in [0.717, 1.165) is 13.1 Å². The number of carbonyl (C=O) groups excluding carboxylic acids is 1. The monoisotopic (exact) mass is 358 g/mol. The molecule has 1 N–H and O–H groups in total. The van der Waals surface area contributed by atoms with Crippen LogP contribution in [0.3, 0.4) is 0 Å². The summed E-state index contributed by atoms with van der Waals surface area (Å²) < 4.78 is 25.0. The lowest BCUT2D eigenvalue weighted by Gasteiger charge is -2.20. The van der Waals surface area contributed by atoms with Crippen LogP contribution in [0, 0.1) is 11.8 Å². The molecule has 0 aliphatic carbocycles. The largest absolute Gasteiger partial charge is 0.338 e. The molecule has 128 valence electrons. The average Bonchev–Trinajstić information content (AvgIpc) is 3.07. The first-order valence-electron chi connectivity index (χ1n) is 7.74. The molecule has 0 aromatic heterocycles. The summed E-state index contributed by atoms with van der Waals surface area (Å²) in [6, 6.07) is 6.57. The number of rotatable bonds is 3. The highest BCUT2D eigenvalue weighted by Gasteiger charge is 2.39. The number of likely N-dealkylation sites (tertiary alicyclic amines) is 1. The normalized spacial score (nSPS) is 23.7. The number of nitrogens with zero attached hydrogens (tertiary/aromatic N) is 1. The predicted molar refractivity (Wildman–Crippen MR) is 91.8 cm³/mol. The molecule has 2 aliphatic heterocycles. The minimum Gasteiger partial charge on any atom is -0.338 e. The Morgan fingerprint density at radius 3 is 2.30 bits per heavy atom. The number of sulfone groups is 1. The second-order valence-electron chi connectivity index (χ2n) is 6.48. The molecule has 1 aromatic carbocycles. The summed E-state index contributed by atoms with van der Waals surface area (Å²) in [5.74, 6) is 0.838. The summed E-state index contributed by atoms with van der Waals surface area (Å²) in [6.07, 6.45) is 0. The molecule has 0 saturated carbocycles. The molecule has 2 fully saturated rings. The maximum absolute atomic E-state index is 12.8. The highest BCUT2D eigenvalue weighted by Crippen LogP contribution is 2.29. The van der Waals surface area contributed by atoms with Crippen molar-refractivity contribution in [3.05, 3.63) is 29.8 Å². The number of nitrogens with one attached hydrogen (secondary N) is 1. The van der Waals surface area contributed by atoms with Gasteiger partial charge in [-0.05, 0) is 37.8 Å². The highest BCUT2D eigenvalue weighted by molar-refractivity contribution is 7.92. The molecule has 1 aromatic rings. The summed E-state index contributed by atoms with van der Waals surface area (Å²) in [4.78, 5) is 14.8. The Labute approximate surface area is 143 Å². The van der Waals surface area contributed by atoms with Gasteiger partial charge in [0.15, 0.2) is 9.84 Å². The van der Waals surface area contributed by atoms with Gasteiger partial charge in [0.2, 0.25) is 0 Å². The van der Waals surface area contributed by atoms with Gasteiger partial charge < -0.3 is 10.2 Å². The maximum Gasteiger partial charge on any atom is 0.255 e. The van der Waals surface area contributed by atoms with E-state index in [1.54, 1.807) is 38.1 Å². The minimum atomic E-state index is -3.46. The van der Waals surface area contributed by atoms with Gasteiger partial charge in [0.25, 0.3) is 5.91 Å². The first-order chi connectivity index (χ1) is 10.4. The third-order valence-corrected chi connectivity index (χ3v) is 6.93. The van der Waals surface area contributed by atoms with Crippen molar-refractivity contribution in [2.75, 3.05) is 26.2 Å². The van der Waals surface area contributed by atoms with E-state index in [0.29, 0.717) is 30.5 Å². The number of amides is 1. The minimum absolute atomic E-state index is 0. The predicted octanol–water partition coefficient (Wildman–Crippen LogP) is 1.58. The lowest BCUT2D eigenvalue weighted by Crippen LogP contribution is -2.33. The van der Waals surface area contributed by atoms with E-state index in [1.165, 1.54) is 0 Å². The Morgan fingerprint density at radius 2 is 1.74 bits per heavy atom. The number of hydrogen-bond acceptors (Lipinski definition) is 4. The third-order valence-electron chi connectivity index (χ3n) is 4.72. The molecule has 5 nitrogen and oxygen atoms in total. The molecule has 2 saturated heterocycles. The molecule has 0 spiro atoms. The van der Waals surface area contributed by atoms with Gasteiger partial charge >= 0.3 is 0 Å². The van der Waals surface area contributed by atoms with Crippen LogP contribution in [0.15, 0.2) is 29.2 Å². The van der Waals surface area contributed by atoms with E-state index in [9.17, 15) is 13.2 Å². The van der Waals surface area contributed by atoms with Crippen LogP contribution < -0.4 is 5.32 Å². The van der Waals surface area contributed by atoms with Crippen molar-refractivity contribution in [3.8, 4) is 0 Å². The van der Waals surface area contributed by atoms with E-state index in [4.69, 9.17) is 0 Å². The molecule has 2 heterocycles. The van der Waals surface area contributed by atoms with Crippen molar-refractivity contribution in [3.63, 3.8) is 0 Å². The van der Waals surface area contributed by atoms with Crippen LogP contribution in [0.4, 0.5) is 0 Å². The Bertz CT molecular complexity index is 678. The van der Waals surface area contributed by atoms with E-state index in [1.807, 2.05) is 4.90 Å².